The van der Waals surface area contributed by atoms with Gasteiger partial charge in [0.25, 0.3) is 0 Å². The van der Waals surface area contributed by atoms with Crippen LogP contribution in [0.15, 0.2) is 24.3 Å². The number of nitriles is 1. The SMILES string of the molecule is CCOC(=O)c1cc2cc([C@H]3CCOC(C)(C)C3)ccc2n1C1(C#N)CC1OC. The minimum atomic E-state index is -0.860. The van der Waals surface area contributed by atoms with E-state index in [1.165, 1.54) is 5.56 Å². The molecule has 0 radical (unpaired) electrons. The van der Waals surface area contributed by atoms with Crippen molar-refractivity contribution in [3.8, 4) is 6.07 Å². The molecular weight excluding hydrogens is 368 g/mol. The van der Waals surface area contributed by atoms with E-state index in [0.29, 0.717) is 18.0 Å². The Hall–Kier alpha value is -2.36. The van der Waals surface area contributed by atoms with Gasteiger partial charge in [-0.2, -0.15) is 5.26 Å². The molecule has 2 aliphatic rings. The molecule has 2 heterocycles. The summed E-state index contributed by atoms with van der Waals surface area (Å²) in [5, 5.41) is 10.9. The lowest BCUT2D eigenvalue weighted by Crippen LogP contribution is -2.32. The van der Waals surface area contributed by atoms with E-state index in [0.717, 1.165) is 30.4 Å². The van der Waals surface area contributed by atoms with Crippen molar-refractivity contribution >= 4 is 16.9 Å². The summed E-state index contributed by atoms with van der Waals surface area (Å²) >= 11 is 0. The van der Waals surface area contributed by atoms with Crippen LogP contribution in [-0.2, 0) is 19.7 Å². The van der Waals surface area contributed by atoms with Gasteiger partial charge in [0.2, 0.25) is 0 Å². The molecular formula is C23H28N2O4. The fraction of sp³-hybridized carbons (Fsp3) is 0.565. The monoisotopic (exact) mass is 396 g/mol. The van der Waals surface area contributed by atoms with Crippen molar-refractivity contribution in [1.82, 2.24) is 4.57 Å². The maximum Gasteiger partial charge on any atom is 0.355 e. The molecule has 6 nitrogen and oxygen atoms in total. The van der Waals surface area contributed by atoms with Crippen molar-refractivity contribution < 1.29 is 19.0 Å². The molecule has 0 N–H and O–H groups in total. The van der Waals surface area contributed by atoms with Crippen molar-refractivity contribution in [3.63, 3.8) is 0 Å². The number of hydrogen-bond donors (Lipinski definition) is 0. The number of esters is 1. The van der Waals surface area contributed by atoms with Crippen LogP contribution in [0.4, 0.5) is 0 Å². The number of nitrogens with zero attached hydrogens (tertiary/aromatic N) is 2. The van der Waals surface area contributed by atoms with Gasteiger partial charge >= 0.3 is 5.97 Å². The standard InChI is InChI=1S/C23H28N2O4/c1-5-28-21(26)19-11-17-10-15(16-8-9-29-22(2,3)12-16)6-7-18(17)25(19)23(14-24)13-20(23)27-4/h6-7,10-11,16,20H,5,8-9,12-13H2,1-4H3/t16-,20?,23?/m0/s1. The first kappa shape index (κ1) is 19.9. The lowest BCUT2D eigenvalue weighted by molar-refractivity contribution is -0.0592. The molecule has 0 amide bonds. The molecule has 4 rings (SSSR count). The zero-order valence-corrected chi connectivity index (χ0v) is 17.5. The van der Waals surface area contributed by atoms with Crippen LogP contribution in [0.25, 0.3) is 10.9 Å². The van der Waals surface area contributed by atoms with Crippen molar-refractivity contribution in [1.29, 1.82) is 5.26 Å². The third-order valence-electron chi connectivity index (χ3n) is 6.22. The highest BCUT2D eigenvalue weighted by Crippen LogP contribution is 2.49. The smallest absolute Gasteiger partial charge is 0.355 e. The summed E-state index contributed by atoms with van der Waals surface area (Å²) in [6.45, 7) is 7.07. The number of carbonyl (C=O) groups is 1. The first-order valence-corrected chi connectivity index (χ1v) is 10.3. The topological polar surface area (TPSA) is 73.5 Å². The van der Waals surface area contributed by atoms with Gasteiger partial charge in [0.15, 0.2) is 5.54 Å². The first-order valence-electron chi connectivity index (χ1n) is 10.3. The van der Waals surface area contributed by atoms with Crippen molar-refractivity contribution in [2.24, 2.45) is 0 Å². The first-order chi connectivity index (χ1) is 13.8. The summed E-state index contributed by atoms with van der Waals surface area (Å²) in [4.78, 5) is 12.7. The summed E-state index contributed by atoms with van der Waals surface area (Å²) in [5.74, 6) is 0.00365. The second-order valence-corrected chi connectivity index (χ2v) is 8.67. The average Bonchev–Trinajstić information content (AvgIpc) is 3.29. The van der Waals surface area contributed by atoms with Gasteiger partial charge in [-0.15, -0.1) is 0 Å². The molecule has 1 saturated carbocycles. The highest BCUT2D eigenvalue weighted by molar-refractivity contribution is 5.96. The molecule has 0 bridgehead atoms. The quantitative estimate of drug-likeness (QED) is 0.711. The van der Waals surface area contributed by atoms with E-state index < -0.39 is 11.5 Å². The zero-order valence-electron chi connectivity index (χ0n) is 17.5. The van der Waals surface area contributed by atoms with Crippen LogP contribution in [0.1, 0.15) is 62.0 Å². The highest BCUT2D eigenvalue weighted by atomic mass is 16.5. The fourth-order valence-electron chi connectivity index (χ4n) is 4.69. The number of benzene rings is 1. The molecule has 6 heteroatoms. The Morgan fingerprint density at radius 1 is 1.34 bits per heavy atom. The second-order valence-electron chi connectivity index (χ2n) is 8.67. The number of hydrogen-bond acceptors (Lipinski definition) is 5. The molecule has 1 aliphatic carbocycles. The van der Waals surface area contributed by atoms with Crippen LogP contribution in [0.2, 0.25) is 0 Å². The van der Waals surface area contributed by atoms with Gasteiger partial charge in [-0.1, -0.05) is 6.07 Å². The van der Waals surface area contributed by atoms with E-state index in [1.807, 2.05) is 16.7 Å². The molecule has 1 aromatic carbocycles. The van der Waals surface area contributed by atoms with Gasteiger partial charge in [-0.3, -0.25) is 0 Å². The number of carbonyl (C=O) groups excluding carboxylic acids is 1. The van der Waals surface area contributed by atoms with E-state index in [-0.39, 0.29) is 18.3 Å². The van der Waals surface area contributed by atoms with Gasteiger partial charge in [-0.25, -0.2) is 4.79 Å². The van der Waals surface area contributed by atoms with Gasteiger partial charge < -0.3 is 18.8 Å². The number of rotatable bonds is 5. The minimum Gasteiger partial charge on any atom is -0.461 e. The molecule has 1 aliphatic heterocycles. The summed E-state index contributed by atoms with van der Waals surface area (Å²) < 4.78 is 18.4. The molecule has 2 aromatic rings. The third-order valence-corrected chi connectivity index (χ3v) is 6.22. The van der Waals surface area contributed by atoms with E-state index in [4.69, 9.17) is 14.2 Å². The van der Waals surface area contributed by atoms with Crippen LogP contribution < -0.4 is 0 Å². The fourth-order valence-corrected chi connectivity index (χ4v) is 4.69. The molecule has 29 heavy (non-hydrogen) atoms. The Morgan fingerprint density at radius 3 is 2.76 bits per heavy atom. The lowest BCUT2D eigenvalue weighted by Gasteiger charge is -2.35. The Kier molecular flexibility index (Phi) is 4.92. The molecule has 2 fully saturated rings. The van der Waals surface area contributed by atoms with Crippen molar-refractivity contribution in [2.45, 2.75) is 63.2 Å². The number of fused-ring (bicyclic) bond motifs is 1. The molecule has 1 saturated heterocycles. The Labute approximate surface area is 171 Å². The largest absolute Gasteiger partial charge is 0.461 e. The van der Waals surface area contributed by atoms with E-state index in [2.05, 4.69) is 32.0 Å². The second kappa shape index (κ2) is 7.16. The Balaban J connectivity index is 1.81. The van der Waals surface area contributed by atoms with E-state index in [1.54, 1.807) is 14.0 Å². The van der Waals surface area contributed by atoms with E-state index in [9.17, 15) is 10.1 Å². The zero-order chi connectivity index (χ0) is 20.8. The van der Waals surface area contributed by atoms with Gasteiger partial charge in [-0.05, 0) is 63.3 Å². The highest BCUT2D eigenvalue weighted by Gasteiger charge is 2.59. The van der Waals surface area contributed by atoms with Crippen LogP contribution in [0.5, 0.6) is 0 Å². The normalized spacial score (nSPS) is 28.1. The third kappa shape index (κ3) is 3.33. The summed E-state index contributed by atoms with van der Waals surface area (Å²) in [6, 6.07) is 10.5. The molecule has 3 atom stereocenters. The van der Waals surface area contributed by atoms with Crippen LogP contribution in [-0.4, -0.2) is 42.6 Å². The average molecular weight is 396 g/mol. The molecule has 1 aromatic heterocycles. The van der Waals surface area contributed by atoms with E-state index >= 15 is 0 Å². The summed E-state index contributed by atoms with van der Waals surface area (Å²) in [6.07, 6.45) is 2.27. The summed E-state index contributed by atoms with van der Waals surface area (Å²) in [7, 11) is 1.60. The molecule has 0 spiro atoms. The van der Waals surface area contributed by atoms with Crippen LogP contribution in [0.3, 0.4) is 0 Å². The molecule has 154 valence electrons. The maximum atomic E-state index is 12.7. The van der Waals surface area contributed by atoms with Gasteiger partial charge in [0.1, 0.15) is 5.69 Å². The van der Waals surface area contributed by atoms with Gasteiger partial charge in [0.05, 0.1) is 29.9 Å². The van der Waals surface area contributed by atoms with Crippen LogP contribution >= 0.6 is 0 Å². The summed E-state index contributed by atoms with van der Waals surface area (Å²) in [5.41, 5.74) is 1.52. The van der Waals surface area contributed by atoms with Crippen LogP contribution in [0, 0.1) is 11.3 Å². The minimum absolute atomic E-state index is 0.134. The number of aromatic nitrogens is 1. The predicted octanol–water partition coefficient (Wildman–Crippen LogP) is 4.13. The van der Waals surface area contributed by atoms with Gasteiger partial charge in [0, 0.05) is 25.5 Å². The number of ether oxygens (including phenoxy) is 3. The van der Waals surface area contributed by atoms with Crippen molar-refractivity contribution in [2.75, 3.05) is 20.3 Å². The Morgan fingerprint density at radius 2 is 2.14 bits per heavy atom. The lowest BCUT2D eigenvalue weighted by atomic mass is 9.83. The predicted molar refractivity (Wildman–Crippen MR) is 109 cm³/mol. The molecule has 2 unspecified atom stereocenters. The van der Waals surface area contributed by atoms with Crippen molar-refractivity contribution in [3.05, 3.63) is 35.5 Å². The Bertz CT molecular complexity index is 987. The number of methoxy groups -OCH3 is 1. The maximum absolute atomic E-state index is 12.7.